The topological polar surface area (TPSA) is 103 Å². The Morgan fingerprint density at radius 1 is 1.24 bits per heavy atom. The summed E-state index contributed by atoms with van der Waals surface area (Å²) in [6.45, 7) is 2.69. The van der Waals surface area contributed by atoms with Crippen LogP contribution in [0, 0.1) is 5.92 Å². The lowest BCUT2D eigenvalue weighted by Crippen LogP contribution is -2.41. The van der Waals surface area contributed by atoms with Gasteiger partial charge in [0, 0.05) is 24.9 Å². The number of aromatic nitrogens is 3. The first-order valence-corrected chi connectivity index (χ1v) is 10.2. The summed E-state index contributed by atoms with van der Waals surface area (Å²) in [5.41, 5.74) is 5.28. The average molecular weight is 366 g/mol. The van der Waals surface area contributed by atoms with Crippen molar-refractivity contribution in [3.05, 3.63) is 5.82 Å². The zero-order valence-corrected chi connectivity index (χ0v) is 15.6. The van der Waals surface area contributed by atoms with E-state index in [4.69, 9.17) is 5.73 Å². The molecular weight excluding hydrogens is 338 g/mol. The van der Waals surface area contributed by atoms with E-state index in [2.05, 4.69) is 22.4 Å². The number of rotatable bonds is 8. The molecule has 1 aromatic heterocycles. The van der Waals surface area contributed by atoms with E-state index in [1.54, 1.807) is 0 Å². The molecule has 2 aliphatic carbocycles. The van der Waals surface area contributed by atoms with Crippen LogP contribution in [0.25, 0.3) is 0 Å². The maximum absolute atomic E-state index is 12.3. The van der Waals surface area contributed by atoms with E-state index >= 15 is 0 Å². The predicted octanol–water partition coefficient (Wildman–Crippen LogP) is 1.82. The van der Waals surface area contributed by atoms with Crippen LogP contribution in [0.3, 0.4) is 0 Å². The molecule has 0 aromatic carbocycles. The number of hydrogen-bond donors (Lipinski definition) is 2. The number of nitrogens with one attached hydrogen (secondary N) is 1. The van der Waals surface area contributed by atoms with Gasteiger partial charge in [0.15, 0.2) is 5.16 Å². The van der Waals surface area contributed by atoms with Gasteiger partial charge in [0.1, 0.15) is 5.82 Å². The van der Waals surface area contributed by atoms with Crippen molar-refractivity contribution in [3.8, 4) is 0 Å². The van der Waals surface area contributed by atoms with Crippen molar-refractivity contribution >= 4 is 23.6 Å². The predicted molar refractivity (Wildman–Crippen MR) is 96.1 cm³/mol. The third-order valence-corrected chi connectivity index (χ3v) is 6.03. The number of nitrogens with zero attached hydrogens (tertiary/aromatic N) is 3. The molecule has 0 radical (unpaired) electrons. The second-order valence-electron chi connectivity index (χ2n) is 7.21. The van der Waals surface area contributed by atoms with Crippen LogP contribution in [0.4, 0.5) is 0 Å². The van der Waals surface area contributed by atoms with Gasteiger partial charge in [-0.15, -0.1) is 10.2 Å². The third-order valence-electron chi connectivity index (χ3n) is 5.06. The zero-order valence-electron chi connectivity index (χ0n) is 14.7. The number of primary amides is 1. The molecule has 0 bridgehead atoms. The van der Waals surface area contributed by atoms with Crippen molar-refractivity contribution in [2.24, 2.45) is 11.7 Å². The summed E-state index contributed by atoms with van der Waals surface area (Å²) < 4.78 is 1.96. The summed E-state index contributed by atoms with van der Waals surface area (Å²) in [4.78, 5) is 23.4. The van der Waals surface area contributed by atoms with E-state index < -0.39 is 0 Å². The number of hydrogen-bond acceptors (Lipinski definition) is 5. The number of amides is 2. The summed E-state index contributed by atoms with van der Waals surface area (Å²) in [6, 6.07) is 0.289. The summed E-state index contributed by atoms with van der Waals surface area (Å²) in [6.07, 6.45) is 7.18. The third kappa shape index (κ3) is 4.96. The van der Waals surface area contributed by atoms with Gasteiger partial charge in [-0.3, -0.25) is 9.59 Å². The molecule has 0 saturated heterocycles. The van der Waals surface area contributed by atoms with Crippen molar-refractivity contribution in [3.63, 3.8) is 0 Å². The lowest BCUT2D eigenvalue weighted by atomic mass is 9.86. The molecule has 8 heteroatoms. The summed E-state index contributed by atoms with van der Waals surface area (Å²) in [5, 5.41) is 12.4. The van der Waals surface area contributed by atoms with Crippen LogP contribution in [0.2, 0.25) is 0 Å². The highest BCUT2D eigenvalue weighted by Crippen LogP contribution is 2.40. The molecule has 3 rings (SSSR count). The molecule has 2 fully saturated rings. The maximum atomic E-state index is 12.3. The van der Waals surface area contributed by atoms with Gasteiger partial charge in [-0.2, -0.15) is 0 Å². The van der Waals surface area contributed by atoms with Gasteiger partial charge in [-0.05, 0) is 31.6 Å². The van der Waals surface area contributed by atoms with Crippen LogP contribution in [-0.2, 0) is 16.1 Å². The standard InChI is InChI=1S/C17H27N5O2S/c1-11-4-2-3-5-13(11)19-15(24)10-25-17-21-20-16(12-6-7-12)22(17)9-8-14(18)23/h11-13H,2-10H2,1H3,(H2,18,23)(H,19,24)/t11-,13+/m0/s1. The monoisotopic (exact) mass is 365 g/mol. The van der Waals surface area contributed by atoms with Crippen LogP contribution in [0.5, 0.6) is 0 Å². The quantitative estimate of drug-likeness (QED) is 0.684. The zero-order chi connectivity index (χ0) is 17.8. The minimum absolute atomic E-state index is 0.0428. The summed E-state index contributed by atoms with van der Waals surface area (Å²) >= 11 is 1.39. The Hall–Kier alpha value is -1.57. The van der Waals surface area contributed by atoms with Crippen molar-refractivity contribution in [2.75, 3.05) is 5.75 Å². The molecule has 0 spiro atoms. The van der Waals surface area contributed by atoms with E-state index in [9.17, 15) is 9.59 Å². The largest absolute Gasteiger partial charge is 0.370 e. The van der Waals surface area contributed by atoms with Crippen molar-refractivity contribution in [2.45, 2.75) is 75.5 Å². The highest BCUT2D eigenvalue weighted by atomic mass is 32.2. The molecule has 2 amide bonds. The minimum atomic E-state index is -0.338. The first-order chi connectivity index (χ1) is 12.0. The van der Waals surface area contributed by atoms with Crippen LogP contribution in [0.15, 0.2) is 5.16 Å². The molecule has 138 valence electrons. The molecule has 1 aromatic rings. The first-order valence-electron chi connectivity index (χ1n) is 9.18. The van der Waals surface area contributed by atoms with Crippen LogP contribution >= 0.6 is 11.8 Å². The highest BCUT2D eigenvalue weighted by molar-refractivity contribution is 7.99. The van der Waals surface area contributed by atoms with Gasteiger partial charge in [0.25, 0.3) is 0 Å². The Labute approximate surface area is 152 Å². The smallest absolute Gasteiger partial charge is 0.230 e. The van der Waals surface area contributed by atoms with Gasteiger partial charge in [0.05, 0.1) is 5.75 Å². The Balaban J connectivity index is 1.56. The molecule has 0 aliphatic heterocycles. The van der Waals surface area contributed by atoms with E-state index in [0.29, 0.717) is 29.3 Å². The number of carbonyl (C=O) groups is 2. The molecular formula is C17H27N5O2S. The fourth-order valence-corrected chi connectivity index (χ4v) is 4.17. The number of thioether (sulfide) groups is 1. The van der Waals surface area contributed by atoms with Crippen LogP contribution in [0.1, 0.15) is 63.6 Å². The highest BCUT2D eigenvalue weighted by Gasteiger charge is 2.30. The molecule has 7 nitrogen and oxygen atoms in total. The molecule has 2 atom stereocenters. The van der Waals surface area contributed by atoms with Gasteiger partial charge in [-0.1, -0.05) is 31.5 Å². The Morgan fingerprint density at radius 3 is 2.68 bits per heavy atom. The Bertz CT molecular complexity index is 629. The summed E-state index contributed by atoms with van der Waals surface area (Å²) in [7, 11) is 0. The van der Waals surface area contributed by atoms with Crippen molar-refractivity contribution < 1.29 is 9.59 Å². The van der Waals surface area contributed by atoms with Crippen LogP contribution in [-0.4, -0.2) is 38.4 Å². The average Bonchev–Trinajstić information content (AvgIpc) is 3.34. The molecule has 3 N–H and O–H groups in total. The molecule has 0 unspecified atom stereocenters. The van der Waals surface area contributed by atoms with Crippen molar-refractivity contribution in [1.82, 2.24) is 20.1 Å². The van der Waals surface area contributed by atoms with Gasteiger partial charge < -0.3 is 15.6 Å². The minimum Gasteiger partial charge on any atom is -0.370 e. The molecule has 1 heterocycles. The Kier molecular flexibility index (Phi) is 5.98. The molecule has 2 aliphatic rings. The molecule has 25 heavy (non-hydrogen) atoms. The summed E-state index contributed by atoms with van der Waals surface area (Å²) in [5.74, 6) is 1.93. The van der Waals surface area contributed by atoms with E-state index in [-0.39, 0.29) is 24.3 Å². The second-order valence-corrected chi connectivity index (χ2v) is 8.15. The number of nitrogens with two attached hydrogens (primary N) is 1. The fraction of sp³-hybridized carbons (Fsp3) is 0.765. The Morgan fingerprint density at radius 2 is 2.00 bits per heavy atom. The first kappa shape index (κ1) is 18.2. The van der Waals surface area contributed by atoms with E-state index in [0.717, 1.165) is 25.1 Å². The SMILES string of the molecule is C[C@H]1CCCC[C@H]1NC(=O)CSc1nnc(C2CC2)n1CCC(N)=O. The molecule has 2 saturated carbocycles. The maximum Gasteiger partial charge on any atom is 0.230 e. The number of carbonyl (C=O) groups excluding carboxylic acids is 2. The lowest BCUT2D eigenvalue weighted by molar-refractivity contribution is -0.120. The van der Waals surface area contributed by atoms with Gasteiger partial charge in [0.2, 0.25) is 11.8 Å². The second kappa shape index (κ2) is 8.21. The lowest BCUT2D eigenvalue weighted by Gasteiger charge is -2.29. The van der Waals surface area contributed by atoms with E-state index in [1.165, 1.54) is 31.0 Å². The van der Waals surface area contributed by atoms with E-state index in [1.807, 2.05) is 4.57 Å². The van der Waals surface area contributed by atoms with Gasteiger partial charge in [-0.25, -0.2) is 0 Å². The van der Waals surface area contributed by atoms with Crippen molar-refractivity contribution in [1.29, 1.82) is 0 Å². The van der Waals surface area contributed by atoms with Crippen LogP contribution < -0.4 is 11.1 Å². The normalized spacial score (nSPS) is 23.4. The van der Waals surface area contributed by atoms with Gasteiger partial charge >= 0.3 is 0 Å². The fourth-order valence-electron chi connectivity index (χ4n) is 3.39.